The summed E-state index contributed by atoms with van der Waals surface area (Å²) in [5.74, 6) is -0.160. The molecule has 0 N–H and O–H groups in total. The molecular weight excluding hydrogens is 235 g/mol. The highest BCUT2D eigenvalue weighted by Gasteiger charge is 2.05. The van der Waals surface area contributed by atoms with Crippen LogP contribution in [0.25, 0.3) is 32.3 Å². The standard InChI is InChI=1S/C18H11F/c19-18-7-3-6-15-16(18)9-8-14-10-12-4-1-2-5-13(12)11-17(14)15/h1-11H. The minimum absolute atomic E-state index is 0.160. The fraction of sp³-hybridized carbons (Fsp3) is 0. The van der Waals surface area contributed by atoms with Gasteiger partial charge in [0.25, 0.3) is 0 Å². The van der Waals surface area contributed by atoms with Gasteiger partial charge >= 0.3 is 0 Å². The Hall–Kier alpha value is -2.41. The van der Waals surface area contributed by atoms with Gasteiger partial charge in [-0.2, -0.15) is 0 Å². The van der Waals surface area contributed by atoms with Gasteiger partial charge in [0.05, 0.1) is 0 Å². The van der Waals surface area contributed by atoms with Gasteiger partial charge in [-0.15, -0.1) is 0 Å². The van der Waals surface area contributed by atoms with Gasteiger partial charge in [-0.05, 0) is 45.1 Å². The number of fused-ring (bicyclic) bond motifs is 4. The lowest BCUT2D eigenvalue weighted by molar-refractivity contribution is 0.640. The molecule has 19 heavy (non-hydrogen) atoms. The summed E-state index contributed by atoms with van der Waals surface area (Å²) in [5, 5.41) is 6.32. The summed E-state index contributed by atoms with van der Waals surface area (Å²) in [7, 11) is 0. The van der Waals surface area contributed by atoms with Crippen molar-refractivity contribution in [3.8, 4) is 0 Å². The van der Waals surface area contributed by atoms with Crippen molar-refractivity contribution in [3.63, 3.8) is 0 Å². The minimum atomic E-state index is -0.160. The van der Waals surface area contributed by atoms with Gasteiger partial charge in [0, 0.05) is 5.39 Å². The summed E-state index contributed by atoms with van der Waals surface area (Å²) in [6, 6.07) is 21.7. The smallest absolute Gasteiger partial charge is 0.131 e. The van der Waals surface area contributed by atoms with Crippen molar-refractivity contribution in [1.82, 2.24) is 0 Å². The largest absolute Gasteiger partial charge is 0.206 e. The van der Waals surface area contributed by atoms with Crippen LogP contribution >= 0.6 is 0 Å². The predicted molar refractivity (Wildman–Crippen MR) is 78.9 cm³/mol. The Morgan fingerprint density at radius 3 is 2.16 bits per heavy atom. The van der Waals surface area contributed by atoms with E-state index in [-0.39, 0.29) is 5.82 Å². The van der Waals surface area contributed by atoms with E-state index in [9.17, 15) is 4.39 Å². The average Bonchev–Trinajstić information content (AvgIpc) is 2.45. The number of halogens is 1. The maximum absolute atomic E-state index is 13.8. The van der Waals surface area contributed by atoms with Crippen molar-refractivity contribution in [2.24, 2.45) is 0 Å². The summed E-state index contributed by atoms with van der Waals surface area (Å²) in [4.78, 5) is 0. The molecule has 90 valence electrons. The van der Waals surface area contributed by atoms with Crippen LogP contribution in [0.3, 0.4) is 0 Å². The van der Waals surface area contributed by atoms with Crippen LogP contribution in [0.4, 0.5) is 4.39 Å². The van der Waals surface area contributed by atoms with Gasteiger partial charge in [0.15, 0.2) is 0 Å². The normalized spacial score (nSPS) is 11.4. The van der Waals surface area contributed by atoms with Gasteiger partial charge in [0.1, 0.15) is 5.82 Å². The second-order valence-corrected chi connectivity index (χ2v) is 4.82. The summed E-state index contributed by atoms with van der Waals surface area (Å²) < 4.78 is 13.8. The number of rotatable bonds is 0. The first-order chi connectivity index (χ1) is 9.33. The fourth-order valence-electron chi connectivity index (χ4n) is 2.74. The lowest BCUT2D eigenvalue weighted by atomic mass is 9.98. The summed E-state index contributed by atoms with van der Waals surface area (Å²) in [6.07, 6.45) is 0. The zero-order valence-corrected chi connectivity index (χ0v) is 10.2. The van der Waals surface area contributed by atoms with Crippen LogP contribution in [0.1, 0.15) is 0 Å². The van der Waals surface area contributed by atoms with E-state index in [1.54, 1.807) is 6.07 Å². The van der Waals surface area contributed by atoms with E-state index in [1.165, 1.54) is 16.8 Å². The zero-order valence-electron chi connectivity index (χ0n) is 10.2. The van der Waals surface area contributed by atoms with Crippen LogP contribution < -0.4 is 0 Å². The molecule has 0 saturated carbocycles. The molecule has 4 aromatic rings. The molecule has 0 radical (unpaired) electrons. The molecule has 0 atom stereocenters. The quantitative estimate of drug-likeness (QED) is 0.292. The lowest BCUT2D eigenvalue weighted by Gasteiger charge is -2.06. The number of benzene rings is 4. The van der Waals surface area contributed by atoms with Crippen molar-refractivity contribution in [1.29, 1.82) is 0 Å². The van der Waals surface area contributed by atoms with E-state index in [2.05, 4.69) is 24.3 Å². The molecule has 0 aromatic heterocycles. The topological polar surface area (TPSA) is 0 Å². The lowest BCUT2D eigenvalue weighted by Crippen LogP contribution is -1.82. The molecular formula is C18H11F. The maximum Gasteiger partial charge on any atom is 0.131 e. The van der Waals surface area contributed by atoms with Gasteiger partial charge in [-0.25, -0.2) is 4.39 Å². The molecule has 0 aliphatic carbocycles. The Morgan fingerprint density at radius 1 is 0.526 bits per heavy atom. The third-order valence-electron chi connectivity index (χ3n) is 3.69. The second kappa shape index (κ2) is 3.79. The summed E-state index contributed by atoms with van der Waals surface area (Å²) in [5.41, 5.74) is 0. The molecule has 4 aromatic carbocycles. The van der Waals surface area contributed by atoms with Crippen molar-refractivity contribution in [2.45, 2.75) is 0 Å². The van der Waals surface area contributed by atoms with Crippen molar-refractivity contribution >= 4 is 32.3 Å². The molecule has 0 nitrogen and oxygen atoms in total. The highest BCUT2D eigenvalue weighted by molar-refractivity contribution is 6.12. The molecule has 0 bridgehead atoms. The third kappa shape index (κ3) is 1.52. The van der Waals surface area contributed by atoms with Crippen molar-refractivity contribution < 1.29 is 4.39 Å². The van der Waals surface area contributed by atoms with E-state index >= 15 is 0 Å². The molecule has 0 fully saturated rings. The van der Waals surface area contributed by atoms with E-state index in [0.29, 0.717) is 5.39 Å². The van der Waals surface area contributed by atoms with Gasteiger partial charge in [-0.1, -0.05) is 48.5 Å². The van der Waals surface area contributed by atoms with Gasteiger partial charge in [-0.3, -0.25) is 0 Å². The molecule has 0 amide bonds. The molecule has 0 unspecified atom stereocenters. The first-order valence-corrected chi connectivity index (χ1v) is 6.33. The Labute approximate surface area is 110 Å². The number of hydrogen-bond donors (Lipinski definition) is 0. The number of hydrogen-bond acceptors (Lipinski definition) is 0. The Bertz CT molecular complexity index is 922. The Balaban J connectivity index is 2.26. The van der Waals surface area contributed by atoms with Crippen LogP contribution in [-0.2, 0) is 0 Å². The fourth-order valence-corrected chi connectivity index (χ4v) is 2.74. The minimum Gasteiger partial charge on any atom is -0.206 e. The molecule has 0 heterocycles. The molecule has 0 saturated heterocycles. The monoisotopic (exact) mass is 246 g/mol. The summed E-state index contributed by atoms with van der Waals surface area (Å²) >= 11 is 0. The van der Waals surface area contributed by atoms with Crippen LogP contribution in [0.15, 0.2) is 66.7 Å². The zero-order chi connectivity index (χ0) is 12.8. The predicted octanol–water partition coefficient (Wildman–Crippen LogP) is 5.29. The van der Waals surface area contributed by atoms with E-state index in [0.717, 1.165) is 16.2 Å². The van der Waals surface area contributed by atoms with Gasteiger partial charge in [0.2, 0.25) is 0 Å². The molecule has 4 rings (SSSR count). The van der Waals surface area contributed by atoms with E-state index in [1.807, 2.05) is 30.3 Å². The Morgan fingerprint density at radius 2 is 1.32 bits per heavy atom. The maximum atomic E-state index is 13.8. The second-order valence-electron chi connectivity index (χ2n) is 4.82. The van der Waals surface area contributed by atoms with Gasteiger partial charge < -0.3 is 0 Å². The highest BCUT2D eigenvalue weighted by Crippen LogP contribution is 2.30. The van der Waals surface area contributed by atoms with E-state index in [4.69, 9.17) is 0 Å². The van der Waals surface area contributed by atoms with Crippen LogP contribution in [0, 0.1) is 5.82 Å². The summed E-state index contributed by atoms with van der Waals surface area (Å²) in [6.45, 7) is 0. The average molecular weight is 246 g/mol. The highest BCUT2D eigenvalue weighted by atomic mass is 19.1. The molecule has 0 aliphatic heterocycles. The van der Waals surface area contributed by atoms with Crippen molar-refractivity contribution in [3.05, 3.63) is 72.5 Å². The SMILES string of the molecule is Fc1cccc2c1ccc1cc3ccccc3cc12. The molecule has 1 heteroatoms. The van der Waals surface area contributed by atoms with E-state index < -0.39 is 0 Å². The van der Waals surface area contributed by atoms with Crippen LogP contribution in [-0.4, -0.2) is 0 Å². The third-order valence-corrected chi connectivity index (χ3v) is 3.69. The first kappa shape index (κ1) is 10.5. The van der Waals surface area contributed by atoms with Crippen LogP contribution in [0.2, 0.25) is 0 Å². The Kier molecular flexibility index (Phi) is 2.10. The molecule has 0 aliphatic rings. The molecule has 0 spiro atoms. The van der Waals surface area contributed by atoms with Crippen molar-refractivity contribution in [2.75, 3.05) is 0 Å². The van der Waals surface area contributed by atoms with Crippen LogP contribution in [0.5, 0.6) is 0 Å². The first-order valence-electron chi connectivity index (χ1n) is 6.33.